The van der Waals surface area contributed by atoms with Crippen LogP contribution in [0.25, 0.3) is 0 Å². The number of amides is 1. The molecule has 0 spiro atoms. The molecule has 0 unspecified atom stereocenters. The summed E-state index contributed by atoms with van der Waals surface area (Å²) >= 11 is 11.7. The fraction of sp³-hybridized carbons (Fsp3) is 0.176. The maximum Gasteiger partial charge on any atom is 0.325 e. The molecule has 0 aromatic heterocycles. The maximum absolute atomic E-state index is 12.0. The Hall–Kier alpha value is -2.44. The fourth-order valence-electron chi connectivity index (χ4n) is 2.17. The first kappa shape index (κ1) is 17.4. The van der Waals surface area contributed by atoms with Gasteiger partial charge in [0.15, 0.2) is 11.5 Å². The van der Waals surface area contributed by atoms with Gasteiger partial charge in [-0.3, -0.25) is 9.59 Å². The van der Waals surface area contributed by atoms with Gasteiger partial charge in [0.2, 0.25) is 6.79 Å². The van der Waals surface area contributed by atoms with E-state index in [4.69, 9.17) is 37.4 Å². The normalized spacial score (nSPS) is 11.9. The molecule has 0 bridgehead atoms. The Kier molecular flexibility index (Phi) is 5.31. The second-order valence-corrected chi connectivity index (χ2v) is 6.00. The number of halogens is 2. The molecule has 0 saturated heterocycles. The molecule has 130 valence electrons. The highest BCUT2D eigenvalue weighted by Gasteiger charge is 2.15. The molecule has 0 fully saturated rings. The number of nitrogens with one attached hydrogen (secondary N) is 1. The van der Waals surface area contributed by atoms with E-state index in [9.17, 15) is 9.59 Å². The maximum atomic E-state index is 12.0. The van der Waals surface area contributed by atoms with E-state index in [-0.39, 0.29) is 30.5 Å². The van der Waals surface area contributed by atoms with Crippen molar-refractivity contribution in [2.75, 3.05) is 13.3 Å². The summed E-state index contributed by atoms with van der Waals surface area (Å²) in [5.41, 5.74) is 0.985. The highest BCUT2D eigenvalue weighted by molar-refractivity contribution is 6.36. The lowest BCUT2D eigenvalue weighted by atomic mass is 10.2. The number of benzene rings is 2. The molecule has 1 aliphatic heterocycles. The van der Waals surface area contributed by atoms with E-state index in [1.165, 1.54) is 12.1 Å². The third-order valence-electron chi connectivity index (χ3n) is 3.41. The lowest BCUT2D eigenvalue weighted by molar-refractivity contribution is -0.143. The highest BCUT2D eigenvalue weighted by atomic mass is 35.5. The zero-order valence-electron chi connectivity index (χ0n) is 12.9. The number of carbonyl (C=O) groups excluding carboxylic acids is 2. The van der Waals surface area contributed by atoms with Crippen LogP contribution in [0.4, 0.5) is 0 Å². The van der Waals surface area contributed by atoms with E-state index in [1.807, 2.05) is 0 Å². The zero-order valence-corrected chi connectivity index (χ0v) is 14.4. The van der Waals surface area contributed by atoms with Crippen LogP contribution in [-0.4, -0.2) is 25.2 Å². The Bertz CT molecular complexity index is 825. The van der Waals surface area contributed by atoms with E-state index in [1.54, 1.807) is 24.3 Å². The van der Waals surface area contributed by atoms with E-state index in [0.717, 1.165) is 5.56 Å². The number of carbonyl (C=O) groups is 2. The summed E-state index contributed by atoms with van der Waals surface area (Å²) < 4.78 is 15.6. The molecule has 6 nitrogen and oxygen atoms in total. The summed E-state index contributed by atoms with van der Waals surface area (Å²) in [4.78, 5) is 23.8. The van der Waals surface area contributed by atoms with Gasteiger partial charge >= 0.3 is 5.97 Å². The summed E-state index contributed by atoms with van der Waals surface area (Å²) in [5, 5.41) is 3.08. The van der Waals surface area contributed by atoms with Crippen LogP contribution in [0.3, 0.4) is 0 Å². The number of fused-ring (bicyclic) bond motifs is 1. The van der Waals surface area contributed by atoms with E-state index >= 15 is 0 Å². The van der Waals surface area contributed by atoms with Crippen LogP contribution in [0.2, 0.25) is 10.0 Å². The minimum atomic E-state index is -0.573. The van der Waals surface area contributed by atoms with Gasteiger partial charge in [0, 0.05) is 5.02 Å². The molecule has 25 heavy (non-hydrogen) atoms. The van der Waals surface area contributed by atoms with Crippen molar-refractivity contribution in [1.29, 1.82) is 0 Å². The van der Waals surface area contributed by atoms with Gasteiger partial charge in [0.25, 0.3) is 5.91 Å². The summed E-state index contributed by atoms with van der Waals surface area (Å²) in [7, 11) is 0. The number of hydrogen-bond donors (Lipinski definition) is 1. The number of rotatable bonds is 5. The highest BCUT2D eigenvalue weighted by Crippen LogP contribution is 2.32. The number of ether oxygens (including phenoxy) is 3. The molecule has 1 N–H and O–H groups in total. The van der Waals surface area contributed by atoms with Crippen molar-refractivity contribution >= 4 is 35.1 Å². The second kappa shape index (κ2) is 7.63. The first-order valence-corrected chi connectivity index (χ1v) is 8.06. The van der Waals surface area contributed by atoms with Gasteiger partial charge in [-0.25, -0.2) is 0 Å². The molecule has 1 aliphatic rings. The first-order chi connectivity index (χ1) is 12.0. The average Bonchev–Trinajstić information content (AvgIpc) is 3.05. The molecule has 0 aliphatic carbocycles. The molecule has 1 heterocycles. The third kappa shape index (κ3) is 4.35. The molecule has 2 aromatic carbocycles. The molecular formula is C17H13Cl2NO5. The van der Waals surface area contributed by atoms with Gasteiger partial charge in [-0.2, -0.15) is 0 Å². The van der Waals surface area contributed by atoms with Crippen molar-refractivity contribution < 1.29 is 23.8 Å². The monoisotopic (exact) mass is 381 g/mol. The molecule has 8 heteroatoms. The van der Waals surface area contributed by atoms with Crippen molar-refractivity contribution in [3.05, 3.63) is 57.6 Å². The van der Waals surface area contributed by atoms with Crippen LogP contribution in [0, 0.1) is 0 Å². The molecule has 2 aromatic rings. The van der Waals surface area contributed by atoms with Gasteiger partial charge in [0.05, 0.1) is 10.6 Å². The Balaban J connectivity index is 1.48. The summed E-state index contributed by atoms with van der Waals surface area (Å²) in [6.45, 7) is -0.0345. The smallest absolute Gasteiger partial charge is 0.325 e. The Labute approximate surface area is 153 Å². The lowest BCUT2D eigenvalue weighted by Gasteiger charge is -2.08. The Morgan fingerprint density at radius 2 is 1.88 bits per heavy atom. The zero-order chi connectivity index (χ0) is 17.8. The summed E-state index contributed by atoms with van der Waals surface area (Å²) in [5.74, 6) is 0.208. The van der Waals surface area contributed by atoms with Crippen LogP contribution < -0.4 is 14.8 Å². The van der Waals surface area contributed by atoms with Crippen molar-refractivity contribution in [3.63, 3.8) is 0 Å². The number of hydrogen-bond acceptors (Lipinski definition) is 5. The van der Waals surface area contributed by atoms with E-state index in [2.05, 4.69) is 5.32 Å². The topological polar surface area (TPSA) is 73.9 Å². The minimum absolute atomic E-state index is 0.0625. The lowest BCUT2D eigenvalue weighted by Crippen LogP contribution is -2.30. The van der Waals surface area contributed by atoms with Crippen molar-refractivity contribution in [1.82, 2.24) is 5.32 Å². The van der Waals surface area contributed by atoms with Crippen LogP contribution in [-0.2, 0) is 16.1 Å². The first-order valence-electron chi connectivity index (χ1n) is 7.30. The third-order valence-corrected chi connectivity index (χ3v) is 3.95. The van der Waals surface area contributed by atoms with Gasteiger partial charge in [-0.15, -0.1) is 0 Å². The minimum Gasteiger partial charge on any atom is -0.460 e. The van der Waals surface area contributed by atoms with Gasteiger partial charge in [0.1, 0.15) is 13.2 Å². The van der Waals surface area contributed by atoms with Crippen molar-refractivity contribution in [3.8, 4) is 11.5 Å². The Morgan fingerprint density at radius 1 is 1.08 bits per heavy atom. The van der Waals surface area contributed by atoms with E-state index < -0.39 is 11.9 Å². The quantitative estimate of drug-likeness (QED) is 0.804. The standard InChI is InChI=1S/C17H13Cl2NO5/c18-11-2-3-12(13(19)6-11)17(22)20-7-16(21)23-8-10-1-4-14-15(5-10)25-9-24-14/h1-6H,7-9H2,(H,20,22). The SMILES string of the molecule is O=C(CNC(=O)c1ccc(Cl)cc1Cl)OCc1ccc2c(c1)OCO2. The molecule has 1 amide bonds. The van der Waals surface area contributed by atoms with Gasteiger partial charge < -0.3 is 19.5 Å². The molecule has 3 rings (SSSR count). The van der Waals surface area contributed by atoms with Crippen LogP contribution in [0.15, 0.2) is 36.4 Å². The van der Waals surface area contributed by atoms with Crippen LogP contribution >= 0.6 is 23.2 Å². The van der Waals surface area contributed by atoms with Crippen molar-refractivity contribution in [2.45, 2.75) is 6.61 Å². The van der Waals surface area contributed by atoms with Crippen molar-refractivity contribution in [2.24, 2.45) is 0 Å². The predicted octanol–water partition coefficient (Wildman–Crippen LogP) is 3.20. The number of esters is 1. The fourth-order valence-corrected chi connectivity index (χ4v) is 2.66. The molecule has 0 atom stereocenters. The Morgan fingerprint density at radius 3 is 2.68 bits per heavy atom. The summed E-state index contributed by atoms with van der Waals surface area (Å²) in [6.07, 6.45) is 0. The van der Waals surface area contributed by atoms with Crippen LogP contribution in [0.5, 0.6) is 11.5 Å². The van der Waals surface area contributed by atoms with Gasteiger partial charge in [-0.05, 0) is 35.9 Å². The molecular weight excluding hydrogens is 369 g/mol. The van der Waals surface area contributed by atoms with E-state index in [0.29, 0.717) is 16.5 Å². The predicted molar refractivity (Wildman–Crippen MR) is 91.2 cm³/mol. The molecule has 0 radical (unpaired) electrons. The summed E-state index contributed by atoms with van der Waals surface area (Å²) in [6, 6.07) is 9.73. The van der Waals surface area contributed by atoms with Gasteiger partial charge in [-0.1, -0.05) is 29.3 Å². The molecule has 0 saturated carbocycles. The average molecular weight is 382 g/mol. The largest absolute Gasteiger partial charge is 0.460 e. The van der Waals surface area contributed by atoms with Crippen LogP contribution in [0.1, 0.15) is 15.9 Å². The second-order valence-electron chi connectivity index (χ2n) is 5.16.